The van der Waals surface area contributed by atoms with Crippen LogP contribution in [-0.2, 0) is 11.3 Å². The number of methoxy groups -OCH3 is 1. The molecule has 0 aliphatic carbocycles. The molecule has 0 unspecified atom stereocenters. The van der Waals surface area contributed by atoms with Gasteiger partial charge in [0.15, 0.2) is 0 Å². The zero-order valence-corrected chi connectivity index (χ0v) is 18.6. The van der Waals surface area contributed by atoms with E-state index in [2.05, 4.69) is 4.98 Å². The van der Waals surface area contributed by atoms with Crippen LogP contribution in [0.2, 0.25) is 0 Å². The van der Waals surface area contributed by atoms with E-state index in [1.165, 1.54) is 0 Å². The van der Waals surface area contributed by atoms with Gasteiger partial charge in [-0.1, -0.05) is 60.7 Å². The molecule has 34 heavy (non-hydrogen) atoms. The molecule has 0 spiro atoms. The molecule has 0 saturated heterocycles. The third-order valence-corrected chi connectivity index (χ3v) is 5.74. The second kappa shape index (κ2) is 9.25. The predicted molar refractivity (Wildman–Crippen MR) is 134 cm³/mol. The second-order valence-electron chi connectivity index (χ2n) is 7.97. The van der Waals surface area contributed by atoms with Crippen molar-refractivity contribution in [3.63, 3.8) is 0 Å². The third-order valence-electron chi connectivity index (χ3n) is 5.74. The Labute approximate surface area is 196 Å². The molecule has 1 aromatic heterocycles. The first-order chi connectivity index (χ1) is 16.6. The van der Waals surface area contributed by atoms with Gasteiger partial charge in [-0.25, -0.2) is 0 Å². The van der Waals surface area contributed by atoms with Crippen molar-refractivity contribution in [3.05, 3.63) is 113 Å². The standard InChI is InChI=1S/C29H23NO4/c1-33-18-21-7-5-6-10-24(21)20-13-16-26-25(17-20)28(31)27(29(32)30-26)19-11-14-23(15-12-19)34-22-8-3-2-4-9-22/h2-17H,18H2,1H3,(H2,30,31,32). The number of hydrogen-bond donors (Lipinski definition) is 2. The number of H-pyrrole nitrogens is 1. The van der Waals surface area contributed by atoms with E-state index in [0.29, 0.717) is 28.8 Å². The van der Waals surface area contributed by atoms with Crippen molar-refractivity contribution in [2.24, 2.45) is 0 Å². The first kappa shape index (κ1) is 21.5. The van der Waals surface area contributed by atoms with E-state index in [1.54, 1.807) is 31.4 Å². The summed E-state index contributed by atoms with van der Waals surface area (Å²) in [4.78, 5) is 15.8. The zero-order chi connectivity index (χ0) is 23.5. The molecular weight excluding hydrogens is 426 g/mol. The van der Waals surface area contributed by atoms with Crippen molar-refractivity contribution in [2.75, 3.05) is 7.11 Å². The van der Waals surface area contributed by atoms with Crippen molar-refractivity contribution in [3.8, 4) is 39.5 Å². The topological polar surface area (TPSA) is 71.6 Å². The van der Waals surface area contributed by atoms with Gasteiger partial charge < -0.3 is 19.6 Å². The van der Waals surface area contributed by atoms with Gasteiger partial charge in [0.05, 0.1) is 17.7 Å². The minimum Gasteiger partial charge on any atom is -0.506 e. The van der Waals surface area contributed by atoms with Crippen LogP contribution in [0.15, 0.2) is 102 Å². The molecule has 5 heteroatoms. The molecule has 5 nitrogen and oxygen atoms in total. The number of ether oxygens (including phenoxy) is 2. The Hall–Kier alpha value is -4.35. The van der Waals surface area contributed by atoms with Gasteiger partial charge in [-0.2, -0.15) is 0 Å². The van der Waals surface area contributed by atoms with Crippen LogP contribution in [0.1, 0.15) is 5.56 Å². The number of aromatic amines is 1. The number of hydrogen-bond acceptors (Lipinski definition) is 4. The smallest absolute Gasteiger partial charge is 0.260 e. The summed E-state index contributed by atoms with van der Waals surface area (Å²) in [5.41, 5.74) is 4.04. The van der Waals surface area contributed by atoms with Crippen LogP contribution >= 0.6 is 0 Å². The fourth-order valence-electron chi connectivity index (χ4n) is 4.11. The lowest BCUT2D eigenvalue weighted by Crippen LogP contribution is -2.09. The van der Waals surface area contributed by atoms with Crippen molar-refractivity contribution < 1.29 is 14.6 Å². The average molecular weight is 450 g/mol. The third kappa shape index (κ3) is 4.17. The van der Waals surface area contributed by atoms with E-state index in [1.807, 2.05) is 72.8 Å². The Bertz CT molecular complexity index is 1510. The summed E-state index contributed by atoms with van der Waals surface area (Å²) in [6, 6.07) is 30.2. The van der Waals surface area contributed by atoms with E-state index in [4.69, 9.17) is 9.47 Å². The molecule has 2 N–H and O–H groups in total. The summed E-state index contributed by atoms with van der Waals surface area (Å²) >= 11 is 0. The highest BCUT2D eigenvalue weighted by atomic mass is 16.5. The summed E-state index contributed by atoms with van der Waals surface area (Å²) < 4.78 is 11.2. The highest BCUT2D eigenvalue weighted by molar-refractivity contribution is 5.94. The maximum Gasteiger partial charge on any atom is 0.260 e. The number of aromatic hydroxyl groups is 1. The number of para-hydroxylation sites is 1. The minimum atomic E-state index is -0.353. The summed E-state index contributed by atoms with van der Waals surface area (Å²) in [5, 5.41) is 11.7. The van der Waals surface area contributed by atoms with Gasteiger partial charge in [-0.3, -0.25) is 4.79 Å². The van der Waals surface area contributed by atoms with Crippen LogP contribution in [-0.4, -0.2) is 17.2 Å². The molecule has 168 valence electrons. The molecule has 0 amide bonds. The quantitative estimate of drug-likeness (QED) is 0.310. The molecule has 0 saturated carbocycles. The van der Waals surface area contributed by atoms with E-state index in [9.17, 15) is 9.90 Å². The monoisotopic (exact) mass is 449 g/mol. The van der Waals surface area contributed by atoms with Crippen molar-refractivity contribution >= 4 is 10.9 Å². The van der Waals surface area contributed by atoms with Crippen molar-refractivity contribution in [1.82, 2.24) is 4.98 Å². The van der Waals surface area contributed by atoms with Gasteiger partial charge >= 0.3 is 0 Å². The van der Waals surface area contributed by atoms with Crippen molar-refractivity contribution in [1.29, 1.82) is 0 Å². The first-order valence-electron chi connectivity index (χ1n) is 10.9. The van der Waals surface area contributed by atoms with Gasteiger partial charge in [-0.05, 0) is 58.7 Å². The molecular formula is C29H23NO4. The summed E-state index contributed by atoms with van der Waals surface area (Å²) in [5.74, 6) is 1.31. The summed E-state index contributed by atoms with van der Waals surface area (Å²) in [7, 11) is 1.66. The molecule has 5 aromatic rings. The van der Waals surface area contributed by atoms with E-state index >= 15 is 0 Å². The molecule has 0 bridgehead atoms. The number of pyridine rings is 1. The van der Waals surface area contributed by atoms with E-state index < -0.39 is 0 Å². The van der Waals surface area contributed by atoms with Gasteiger partial charge in [0, 0.05) is 12.5 Å². The molecule has 0 aliphatic heterocycles. The van der Waals surface area contributed by atoms with E-state index in [0.717, 1.165) is 22.4 Å². The average Bonchev–Trinajstić information content (AvgIpc) is 2.86. The summed E-state index contributed by atoms with van der Waals surface area (Å²) in [6.45, 7) is 0.481. The number of nitrogens with one attached hydrogen (secondary N) is 1. The molecule has 0 radical (unpaired) electrons. The maximum absolute atomic E-state index is 12.9. The van der Waals surface area contributed by atoms with Crippen LogP contribution in [0.4, 0.5) is 0 Å². The normalized spacial score (nSPS) is 11.0. The van der Waals surface area contributed by atoms with Gasteiger partial charge in [-0.15, -0.1) is 0 Å². The first-order valence-corrected chi connectivity index (χ1v) is 10.9. The number of benzene rings is 4. The molecule has 4 aromatic carbocycles. The Morgan fingerprint density at radius 2 is 1.47 bits per heavy atom. The van der Waals surface area contributed by atoms with Crippen LogP contribution in [0.5, 0.6) is 17.2 Å². The van der Waals surface area contributed by atoms with Crippen molar-refractivity contribution in [2.45, 2.75) is 6.61 Å². The number of rotatable bonds is 6. The Kier molecular flexibility index (Phi) is 5.85. The Morgan fingerprint density at radius 3 is 2.24 bits per heavy atom. The summed E-state index contributed by atoms with van der Waals surface area (Å²) in [6.07, 6.45) is 0. The lowest BCUT2D eigenvalue weighted by atomic mass is 9.97. The Balaban J connectivity index is 1.55. The maximum atomic E-state index is 12.9. The fourth-order valence-corrected chi connectivity index (χ4v) is 4.11. The minimum absolute atomic E-state index is 0.0541. The molecule has 1 heterocycles. The van der Waals surface area contributed by atoms with Crippen LogP contribution < -0.4 is 10.3 Å². The number of fused-ring (bicyclic) bond motifs is 1. The van der Waals surface area contributed by atoms with Gasteiger partial charge in [0.25, 0.3) is 5.56 Å². The zero-order valence-electron chi connectivity index (χ0n) is 18.6. The van der Waals surface area contributed by atoms with E-state index in [-0.39, 0.29) is 16.9 Å². The van der Waals surface area contributed by atoms with Crippen LogP contribution in [0, 0.1) is 0 Å². The SMILES string of the molecule is COCc1ccccc1-c1ccc2[nH]c(=O)c(-c3ccc(Oc4ccccc4)cc3)c(O)c2c1. The molecule has 0 atom stereocenters. The largest absolute Gasteiger partial charge is 0.506 e. The second-order valence-corrected chi connectivity index (χ2v) is 7.97. The highest BCUT2D eigenvalue weighted by Crippen LogP contribution is 2.36. The van der Waals surface area contributed by atoms with Crippen LogP contribution in [0.3, 0.4) is 0 Å². The van der Waals surface area contributed by atoms with Gasteiger partial charge in [0.1, 0.15) is 17.2 Å². The fraction of sp³-hybridized carbons (Fsp3) is 0.0690. The Morgan fingerprint density at radius 1 is 0.794 bits per heavy atom. The lowest BCUT2D eigenvalue weighted by molar-refractivity contribution is 0.185. The lowest BCUT2D eigenvalue weighted by Gasteiger charge is -2.12. The molecule has 0 fully saturated rings. The number of aromatic nitrogens is 1. The highest BCUT2D eigenvalue weighted by Gasteiger charge is 2.15. The molecule has 0 aliphatic rings. The van der Waals surface area contributed by atoms with Gasteiger partial charge in [0.2, 0.25) is 0 Å². The van der Waals surface area contributed by atoms with Crippen LogP contribution in [0.25, 0.3) is 33.2 Å². The molecule has 5 rings (SSSR count). The predicted octanol–water partition coefficient (Wildman–Crippen LogP) is 6.51.